The average Bonchev–Trinajstić information content (AvgIpc) is 2.74. The zero-order chi connectivity index (χ0) is 24.7. The molecule has 1 aliphatic heterocycles. The van der Waals surface area contributed by atoms with Crippen molar-refractivity contribution in [3.8, 4) is 17.6 Å². The molecule has 1 unspecified atom stereocenters. The van der Waals surface area contributed by atoms with Gasteiger partial charge in [0.2, 0.25) is 6.41 Å². The second kappa shape index (κ2) is 8.93. The standard InChI is InChI=1S/C26H29NO6S/c1-24(2,3)33-23(30)27-26(14-31-25(4,5)32-15-26)11-10-16-6-8-18-21(12-16)34-20-9-7-17(28)13-19(20)22(18)29/h6-9,12-13,23,27-28,30H,14-15H2,1-5H3. The molecular formula is C26H29NO6S. The third-order valence-corrected chi connectivity index (χ3v) is 6.43. The molecule has 0 radical (unpaired) electrons. The van der Waals surface area contributed by atoms with Crippen LogP contribution in [0.4, 0.5) is 0 Å². The fourth-order valence-corrected chi connectivity index (χ4v) is 4.67. The zero-order valence-corrected chi connectivity index (χ0v) is 20.7. The minimum atomic E-state index is -1.27. The van der Waals surface area contributed by atoms with Crippen LogP contribution in [0.15, 0.2) is 41.2 Å². The van der Waals surface area contributed by atoms with E-state index in [-0.39, 0.29) is 24.4 Å². The molecule has 1 atom stereocenters. The third kappa shape index (κ3) is 5.58. The molecule has 1 aromatic heterocycles. The Morgan fingerprint density at radius 2 is 1.79 bits per heavy atom. The lowest BCUT2D eigenvalue weighted by molar-refractivity contribution is -0.277. The van der Waals surface area contributed by atoms with E-state index in [1.165, 1.54) is 17.4 Å². The predicted octanol–water partition coefficient (Wildman–Crippen LogP) is 3.67. The van der Waals surface area contributed by atoms with E-state index in [0.717, 1.165) is 9.40 Å². The Labute approximate surface area is 202 Å². The van der Waals surface area contributed by atoms with Gasteiger partial charge < -0.3 is 24.4 Å². The van der Waals surface area contributed by atoms with Crippen LogP contribution < -0.4 is 10.7 Å². The van der Waals surface area contributed by atoms with E-state index < -0.39 is 23.3 Å². The van der Waals surface area contributed by atoms with Crippen molar-refractivity contribution in [2.75, 3.05) is 13.2 Å². The first kappa shape index (κ1) is 24.6. The number of aliphatic hydroxyl groups is 1. The maximum Gasteiger partial charge on any atom is 0.215 e. The molecule has 34 heavy (non-hydrogen) atoms. The molecule has 3 N–H and O–H groups in total. The van der Waals surface area contributed by atoms with Crippen molar-refractivity contribution in [1.82, 2.24) is 5.32 Å². The molecule has 0 amide bonds. The summed E-state index contributed by atoms with van der Waals surface area (Å²) in [6.45, 7) is 9.55. The lowest BCUT2D eigenvalue weighted by Crippen LogP contribution is -2.62. The number of aromatic hydroxyl groups is 1. The highest BCUT2D eigenvalue weighted by Crippen LogP contribution is 2.28. The van der Waals surface area contributed by atoms with Crippen molar-refractivity contribution < 1.29 is 24.4 Å². The van der Waals surface area contributed by atoms with Gasteiger partial charge in [-0.25, -0.2) is 5.32 Å². The molecule has 1 saturated heterocycles. The van der Waals surface area contributed by atoms with Gasteiger partial charge in [0.25, 0.3) is 0 Å². The van der Waals surface area contributed by atoms with Gasteiger partial charge in [-0.2, -0.15) is 0 Å². The van der Waals surface area contributed by atoms with Crippen LogP contribution >= 0.6 is 11.3 Å². The number of benzene rings is 2. The fourth-order valence-electron chi connectivity index (χ4n) is 3.58. The van der Waals surface area contributed by atoms with Gasteiger partial charge in [0, 0.05) is 25.7 Å². The van der Waals surface area contributed by atoms with Crippen LogP contribution in [0.3, 0.4) is 0 Å². The van der Waals surface area contributed by atoms with Crippen LogP contribution in [0, 0.1) is 11.8 Å². The molecule has 2 aromatic carbocycles. The second-order valence-corrected chi connectivity index (χ2v) is 10.9. The topological polar surface area (TPSA) is 97.3 Å². The van der Waals surface area contributed by atoms with Crippen LogP contribution in [0.25, 0.3) is 20.2 Å². The minimum absolute atomic E-state index is 0.0640. The third-order valence-electron chi connectivity index (χ3n) is 5.30. The maximum absolute atomic E-state index is 12.9. The summed E-state index contributed by atoms with van der Waals surface area (Å²) in [6.07, 6.45) is -1.27. The molecule has 4 rings (SSSR count). The summed E-state index contributed by atoms with van der Waals surface area (Å²) in [7, 11) is 0. The molecule has 3 aromatic rings. The molecule has 1 aliphatic rings. The number of fused-ring (bicyclic) bond motifs is 2. The Balaban J connectivity index is 1.69. The SMILES string of the molecule is CC(C)(C)OC(O)NC1(C#Cc2ccc3c(=O)c4cc(O)ccc4sc3c2)COC(C)(C)OC1. The predicted molar refractivity (Wildman–Crippen MR) is 133 cm³/mol. The Morgan fingerprint density at radius 3 is 2.47 bits per heavy atom. The number of aliphatic hydroxyl groups excluding tert-OH is 1. The number of rotatable bonds is 3. The molecule has 0 bridgehead atoms. The van der Waals surface area contributed by atoms with Crippen LogP contribution in [0.2, 0.25) is 0 Å². The zero-order valence-electron chi connectivity index (χ0n) is 19.9. The van der Waals surface area contributed by atoms with E-state index in [1.807, 2.05) is 40.7 Å². The molecule has 7 nitrogen and oxygen atoms in total. The van der Waals surface area contributed by atoms with E-state index in [1.54, 1.807) is 24.3 Å². The summed E-state index contributed by atoms with van der Waals surface area (Å²) in [5.41, 5.74) is -0.982. The number of hydrogen-bond acceptors (Lipinski definition) is 8. The van der Waals surface area contributed by atoms with Crippen LogP contribution in [-0.2, 0) is 14.2 Å². The van der Waals surface area contributed by atoms with Gasteiger partial charge in [-0.3, -0.25) is 4.79 Å². The Morgan fingerprint density at radius 1 is 1.09 bits per heavy atom. The van der Waals surface area contributed by atoms with Crippen molar-refractivity contribution in [3.63, 3.8) is 0 Å². The largest absolute Gasteiger partial charge is 0.508 e. The van der Waals surface area contributed by atoms with E-state index in [9.17, 15) is 15.0 Å². The lowest BCUT2D eigenvalue weighted by Gasteiger charge is -2.42. The molecule has 8 heteroatoms. The number of phenols is 1. The van der Waals surface area contributed by atoms with Crippen molar-refractivity contribution in [3.05, 3.63) is 52.2 Å². The number of nitrogens with one attached hydrogen (secondary N) is 1. The molecule has 0 spiro atoms. The first-order chi connectivity index (χ1) is 15.8. The summed E-state index contributed by atoms with van der Waals surface area (Å²) >= 11 is 1.46. The maximum atomic E-state index is 12.9. The van der Waals surface area contributed by atoms with Crippen molar-refractivity contribution >= 4 is 31.5 Å². The average molecular weight is 484 g/mol. The second-order valence-electron chi connectivity index (χ2n) is 9.86. The van der Waals surface area contributed by atoms with Gasteiger partial charge >= 0.3 is 0 Å². The minimum Gasteiger partial charge on any atom is -0.508 e. The smallest absolute Gasteiger partial charge is 0.215 e. The highest BCUT2D eigenvalue weighted by Gasteiger charge is 2.41. The first-order valence-electron chi connectivity index (χ1n) is 11.0. The highest BCUT2D eigenvalue weighted by atomic mass is 32.1. The van der Waals surface area contributed by atoms with Gasteiger partial charge in [-0.15, -0.1) is 11.3 Å². The van der Waals surface area contributed by atoms with Crippen molar-refractivity contribution in [1.29, 1.82) is 0 Å². The normalized spacial score (nSPS) is 18.4. The molecule has 0 aliphatic carbocycles. The Kier molecular flexibility index (Phi) is 6.46. The van der Waals surface area contributed by atoms with Crippen LogP contribution in [-0.4, -0.2) is 46.8 Å². The van der Waals surface area contributed by atoms with Crippen LogP contribution in [0.1, 0.15) is 40.2 Å². The van der Waals surface area contributed by atoms with E-state index >= 15 is 0 Å². The lowest BCUT2D eigenvalue weighted by atomic mass is 10.00. The Hall–Kier alpha value is -2.51. The van der Waals surface area contributed by atoms with Crippen molar-refractivity contribution in [2.45, 2.75) is 58.0 Å². The first-order valence-corrected chi connectivity index (χ1v) is 11.8. The van der Waals surface area contributed by atoms with E-state index in [2.05, 4.69) is 17.2 Å². The molecule has 0 saturated carbocycles. The van der Waals surface area contributed by atoms with Crippen molar-refractivity contribution in [2.24, 2.45) is 0 Å². The molecule has 1 fully saturated rings. The summed E-state index contributed by atoms with van der Waals surface area (Å²) in [4.78, 5) is 12.9. The van der Waals surface area contributed by atoms with Crippen LogP contribution in [0.5, 0.6) is 5.75 Å². The molecular weight excluding hydrogens is 454 g/mol. The van der Waals surface area contributed by atoms with Gasteiger partial charge in [0.1, 0.15) is 11.3 Å². The van der Waals surface area contributed by atoms with Gasteiger partial charge in [-0.1, -0.05) is 11.8 Å². The monoisotopic (exact) mass is 483 g/mol. The number of hydrogen-bond donors (Lipinski definition) is 3. The van der Waals surface area contributed by atoms with E-state index in [0.29, 0.717) is 16.3 Å². The van der Waals surface area contributed by atoms with Gasteiger partial charge in [0.05, 0.1) is 18.8 Å². The quantitative estimate of drug-likeness (QED) is 0.297. The number of ether oxygens (including phenoxy) is 3. The van der Waals surface area contributed by atoms with Gasteiger partial charge in [-0.05, 0) is 71.0 Å². The molecule has 180 valence electrons. The van der Waals surface area contributed by atoms with E-state index in [4.69, 9.17) is 14.2 Å². The summed E-state index contributed by atoms with van der Waals surface area (Å²) in [5, 5.41) is 24.3. The summed E-state index contributed by atoms with van der Waals surface area (Å²) in [6, 6.07) is 10.2. The fraction of sp³-hybridized carbons (Fsp3) is 0.423. The van der Waals surface area contributed by atoms with Gasteiger partial charge in [0.15, 0.2) is 11.2 Å². The summed E-state index contributed by atoms with van der Waals surface area (Å²) < 4.78 is 18.9. The number of phenolic OH excluding ortho intramolecular Hbond substituents is 1. The summed E-state index contributed by atoms with van der Waals surface area (Å²) in [5.74, 6) is 5.62. The molecule has 2 heterocycles. The highest BCUT2D eigenvalue weighted by molar-refractivity contribution is 7.24. The Bertz CT molecular complexity index is 1330.